The van der Waals surface area contributed by atoms with E-state index in [9.17, 15) is 23.1 Å². The molecule has 0 saturated carbocycles. The van der Waals surface area contributed by atoms with Crippen LogP contribution in [0.2, 0.25) is 0 Å². The Balaban J connectivity index is 0.000000317. The van der Waals surface area contributed by atoms with E-state index in [0.29, 0.717) is 12.8 Å². The number of nitrogens with zero attached hydrogens (tertiary/aromatic N) is 1. The van der Waals surface area contributed by atoms with Gasteiger partial charge in [0.15, 0.2) is 5.78 Å². The van der Waals surface area contributed by atoms with E-state index in [1.807, 2.05) is 20.0 Å². The molecule has 1 atom stereocenters. The number of benzene rings is 3. The van der Waals surface area contributed by atoms with Crippen molar-refractivity contribution in [3.05, 3.63) is 77.2 Å². The third kappa shape index (κ3) is 10.5. The first kappa shape index (κ1) is 43.2. The molecule has 8 heteroatoms. The summed E-state index contributed by atoms with van der Waals surface area (Å²) in [6, 6.07) is 16.9. The zero-order valence-electron chi connectivity index (χ0n) is 32.6. The number of hydrogen-bond donors (Lipinski definition) is 1. The van der Waals surface area contributed by atoms with E-state index in [-0.39, 0.29) is 43.1 Å². The molecule has 5 rings (SSSR count). The molecule has 1 aliphatic heterocycles. The molecule has 1 radical (unpaired) electrons. The van der Waals surface area contributed by atoms with Crippen LogP contribution >= 0.6 is 0 Å². The molecule has 1 unspecified atom stereocenters. The topological polar surface area (TPSA) is 59.4 Å². The predicted molar refractivity (Wildman–Crippen MR) is 204 cm³/mol. The number of aryl methyl sites for hydroxylation is 1. The first-order valence-corrected chi connectivity index (χ1v) is 18.2. The van der Waals surface area contributed by atoms with Gasteiger partial charge in [-0.05, 0) is 72.9 Å². The van der Waals surface area contributed by atoms with Gasteiger partial charge in [-0.3, -0.25) is 9.78 Å². The molecule has 1 aliphatic rings. The summed E-state index contributed by atoms with van der Waals surface area (Å²) in [6.07, 6.45) is 0.702. The van der Waals surface area contributed by atoms with E-state index in [1.165, 1.54) is 27.5 Å². The number of fused-ring (bicyclic) bond motifs is 3. The van der Waals surface area contributed by atoms with Crippen molar-refractivity contribution >= 4 is 27.3 Å². The number of hydrogen-bond acceptors (Lipinski definition) is 4. The van der Waals surface area contributed by atoms with Crippen LogP contribution in [0.25, 0.3) is 32.8 Å². The maximum absolute atomic E-state index is 12.3. The predicted octanol–water partition coefficient (Wildman–Crippen LogP) is 13.2. The van der Waals surface area contributed by atoms with E-state index < -0.39 is 29.7 Å². The van der Waals surface area contributed by atoms with Crippen molar-refractivity contribution in [1.29, 1.82) is 0 Å². The zero-order valence-corrected chi connectivity index (χ0v) is 35.0. The van der Waals surface area contributed by atoms with Crippen LogP contribution in [0.15, 0.2) is 54.4 Å². The Morgan fingerprint density at radius 1 is 0.942 bits per heavy atom. The minimum Gasteiger partial charge on any atom is -0.512 e. The number of rotatable bonds is 9. The minimum atomic E-state index is -4.34. The monoisotopic (exact) mass is 895 g/mol. The number of ether oxygens (including phenoxy) is 1. The molecule has 4 aromatic rings. The summed E-state index contributed by atoms with van der Waals surface area (Å²) in [6.45, 7) is 22.8. The molecule has 0 spiro atoms. The summed E-state index contributed by atoms with van der Waals surface area (Å²) in [5.74, 6) is 0.0412. The molecule has 0 saturated heterocycles. The maximum atomic E-state index is 12.3. The Hall–Kier alpha value is -3.22. The molecule has 1 aromatic heterocycles. The van der Waals surface area contributed by atoms with Gasteiger partial charge in [-0.25, -0.2) is 0 Å². The number of aromatic nitrogens is 1. The Morgan fingerprint density at radius 3 is 2.13 bits per heavy atom. The number of carbonyl (C=O) groups excluding carboxylic acids is 1. The second-order valence-electron chi connectivity index (χ2n) is 16.9. The third-order valence-electron chi connectivity index (χ3n) is 9.86. The van der Waals surface area contributed by atoms with Gasteiger partial charge >= 0.3 is 6.18 Å². The van der Waals surface area contributed by atoms with Gasteiger partial charge in [0.25, 0.3) is 0 Å². The number of halogens is 3. The summed E-state index contributed by atoms with van der Waals surface area (Å²) < 4.78 is 43.7. The van der Waals surface area contributed by atoms with Crippen LogP contribution in [0, 0.1) is 35.2 Å². The first-order valence-electron chi connectivity index (χ1n) is 18.2. The van der Waals surface area contributed by atoms with Crippen molar-refractivity contribution < 1.29 is 47.9 Å². The summed E-state index contributed by atoms with van der Waals surface area (Å²) in [5.41, 5.74) is 5.50. The van der Waals surface area contributed by atoms with Crippen molar-refractivity contribution in [2.24, 2.45) is 22.2 Å². The van der Waals surface area contributed by atoms with Crippen LogP contribution < -0.4 is 4.74 Å². The van der Waals surface area contributed by atoms with Crippen molar-refractivity contribution in [2.75, 3.05) is 0 Å². The Labute approximate surface area is 322 Å². The molecule has 1 N–H and O–H groups in total. The molecular formula is C44H55F3IrNO3-. The molecule has 0 bridgehead atoms. The average molecular weight is 895 g/mol. The molecular weight excluding hydrogens is 840 g/mol. The third-order valence-corrected chi connectivity index (χ3v) is 9.86. The smallest absolute Gasteiger partial charge is 0.389 e. The maximum Gasteiger partial charge on any atom is 0.389 e. The SMILES string of the molecule is CCC(CC(F)(F)F)/C(O)=C/C(=O)C(C)(CC)CC.Cc1ccc2c(CC(C)(C)C)c3c([c-]c2c1)-c1nccc2cc(CC(C)(C)C)cc(c12)O3.[Ir]. The van der Waals surface area contributed by atoms with Gasteiger partial charge < -0.3 is 9.84 Å². The number of alkyl halides is 3. The second kappa shape index (κ2) is 16.4. The Bertz CT molecular complexity index is 1930. The molecule has 0 fully saturated rings. The summed E-state index contributed by atoms with van der Waals surface area (Å²) in [7, 11) is 0. The van der Waals surface area contributed by atoms with E-state index in [2.05, 4.69) is 90.9 Å². The van der Waals surface area contributed by atoms with Gasteiger partial charge in [-0.15, -0.1) is 17.5 Å². The van der Waals surface area contributed by atoms with Crippen LogP contribution in [0.5, 0.6) is 11.5 Å². The van der Waals surface area contributed by atoms with E-state index in [0.717, 1.165) is 52.4 Å². The van der Waals surface area contributed by atoms with Crippen molar-refractivity contribution in [3.8, 4) is 22.8 Å². The van der Waals surface area contributed by atoms with Gasteiger partial charge in [0, 0.05) is 54.8 Å². The molecule has 285 valence electrons. The number of aliphatic hydroxyl groups is 1. The van der Waals surface area contributed by atoms with Gasteiger partial charge in [-0.2, -0.15) is 13.2 Å². The molecule has 0 aliphatic carbocycles. The van der Waals surface area contributed by atoms with Gasteiger partial charge in [0.2, 0.25) is 0 Å². The number of aliphatic hydroxyl groups excluding tert-OH is 1. The van der Waals surface area contributed by atoms with Crippen LogP contribution in [0.3, 0.4) is 0 Å². The van der Waals surface area contributed by atoms with Crippen molar-refractivity contribution in [3.63, 3.8) is 0 Å². The van der Waals surface area contributed by atoms with Gasteiger partial charge in [0.05, 0.1) is 17.9 Å². The second-order valence-corrected chi connectivity index (χ2v) is 16.9. The van der Waals surface area contributed by atoms with Crippen LogP contribution in [0.4, 0.5) is 13.2 Å². The minimum absolute atomic E-state index is 0. The fraction of sp³-hybridized carbons (Fsp3) is 0.500. The quantitative estimate of drug-likeness (QED) is 0.0910. The number of pyridine rings is 1. The van der Waals surface area contributed by atoms with Crippen LogP contribution in [-0.2, 0) is 37.7 Å². The van der Waals surface area contributed by atoms with E-state index >= 15 is 0 Å². The van der Waals surface area contributed by atoms with Crippen LogP contribution in [0.1, 0.15) is 112 Å². The molecule has 52 heavy (non-hydrogen) atoms. The number of carbonyl (C=O) groups is 1. The van der Waals surface area contributed by atoms with Crippen molar-refractivity contribution in [2.45, 2.75) is 121 Å². The summed E-state index contributed by atoms with van der Waals surface area (Å²) in [4.78, 5) is 16.8. The van der Waals surface area contributed by atoms with Crippen molar-refractivity contribution in [1.82, 2.24) is 4.98 Å². The largest absolute Gasteiger partial charge is 0.512 e. The summed E-state index contributed by atoms with van der Waals surface area (Å²) in [5, 5.41) is 14.4. The Kier molecular flexibility index (Phi) is 13.6. The zero-order chi connectivity index (χ0) is 38.1. The number of ketones is 1. The fourth-order valence-electron chi connectivity index (χ4n) is 6.67. The standard InChI is InChI=1S/C30H32NO.C14H23F3O2.Ir/c1-18-8-9-22-21(12-18)15-23-27-26-20(10-11-31-27)13-19(16-29(2,3)4)14-25(26)32-28(23)24(22)17-30(5,6)7;1-5-10(9-14(15,16)17)11(18)8-12(19)13(4,6-2)7-3;/h8-14H,16-17H2,1-7H3;8,10,18H,5-7,9H2,1-4H3;/q-1;;/b;11-8-;. The molecule has 0 amide bonds. The van der Waals surface area contributed by atoms with E-state index in [1.54, 1.807) is 13.8 Å². The molecule has 4 nitrogen and oxygen atoms in total. The average Bonchev–Trinajstić information content (AvgIpc) is 3.01. The van der Waals surface area contributed by atoms with Gasteiger partial charge in [-0.1, -0.05) is 110 Å². The molecule has 2 heterocycles. The fourth-order valence-corrected chi connectivity index (χ4v) is 6.67. The van der Waals surface area contributed by atoms with E-state index in [4.69, 9.17) is 9.72 Å². The first-order chi connectivity index (χ1) is 23.6. The Morgan fingerprint density at radius 2 is 1.58 bits per heavy atom. The number of allylic oxidation sites excluding steroid dienone is 2. The van der Waals surface area contributed by atoms with Crippen LogP contribution in [-0.4, -0.2) is 22.1 Å². The van der Waals surface area contributed by atoms with Gasteiger partial charge in [0.1, 0.15) is 5.75 Å². The summed E-state index contributed by atoms with van der Waals surface area (Å²) >= 11 is 0. The normalized spacial score (nSPS) is 13.8. The molecule has 3 aromatic carbocycles.